The molecular formula is C10H12N6O. The molecule has 0 amide bonds. The maximum Gasteiger partial charge on any atom is 0.233 e. The van der Waals surface area contributed by atoms with Crippen molar-refractivity contribution in [2.75, 3.05) is 7.11 Å². The van der Waals surface area contributed by atoms with Gasteiger partial charge >= 0.3 is 0 Å². The van der Waals surface area contributed by atoms with E-state index in [2.05, 4.69) is 25.6 Å². The van der Waals surface area contributed by atoms with Crippen LogP contribution in [0.1, 0.15) is 17.3 Å². The van der Waals surface area contributed by atoms with E-state index in [0.717, 1.165) is 5.56 Å². The van der Waals surface area contributed by atoms with Gasteiger partial charge in [-0.05, 0) is 6.07 Å². The highest BCUT2D eigenvalue weighted by atomic mass is 16.5. The van der Waals surface area contributed by atoms with Gasteiger partial charge in [-0.15, -0.1) is 10.2 Å². The largest absolute Gasteiger partial charge is 0.480 e. The number of ether oxygens (including phenoxy) is 1. The molecule has 3 N–H and O–H groups in total. The second kappa shape index (κ2) is 5.28. The maximum atomic E-state index is 5.50. The molecule has 1 unspecified atom stereocenters. The highest BCUT2D eigenvalue weighted by molar-refractivity contribution is 5.23. The summed E-state index contributed by atoms with van der Waals surface area (Å²) in [5, 5.41) is 7.91. The molecule has 2 aromatic rings. The van der Waals surface area contributed by atoms with Crippen LogP contribution in [-0.4, -0.2) is 27.3 Å². The van der Waals surface area contributed by atoms with Gasteiger partial charge in [-0.3, -0.25) is 5.84 Å². The number of rotatable bonds is 4. The molecular weight excluding hydrogens is 220 g/mol. The molecule has 17 heavy (non-hydrogen) atoms. The molecule has 88 valence electrons. The molecule has 0 bridgehead atoms. The van der Waals surface area contributed by atoms with Crippen LogP contribution in [0.15, 0.2) is 30.9 Å². The van der Waals surface area contributed by atoms with Gasteiger partial charge in [0.25, 0.3) is 0 Å². The zero-order chi connectivity index (χ0) is 12.1. The summed E-state index contributed by atoms with van der Waals surface area (Å²) in [4.78, 5) is 7.87. The van der Waals surface area contributed by atoms with Crippen LogP contribution >= 0.6 is 0 Å². The summed E-state index contributed by atoms with van der Waals surface area (Å²) in [5.41, 5.74) is 4.13. The third kappa shape index (κ3) is 2.52. The van der Waals surface area contributed by atoms with Crippen LogP contribution < -0.4 is 16.0 Å². The highest BCUT2D eigenvalue weighted by Crippen LogP contribution is 2.18. The topological polar surface area (TPSA) is 98.8 Å². The lowest BCUT2D eigenvalue weighted by Gasteiger charge is -2.14. The zero-order valence-electron chi connectivity index (χ0n) is 9.24. The Balaban J connectivity index is 2.29. The van der Waals surface area contributed by atoms with Gasteiger partial charge < -0.3 is 4.74 Å². The van der Waals surface area contributed by atoms with Gasteiger partial charge in [0.1, 0.15) is 6.33 Å². The molecule has 0 radical (unpaired) electrons. The van der Waals surface area contributed by atoms with Gasteiger partial charge in [-0.25, -0.2) is 15.4 Å². The number of hydrogen-bond acceptors (Lipinski definition) is 7. The van der Waals surface area contributed by atoms with Crippen molar-refractivity contribution in [3.05, 3.63) is 42.1 Å². The van der Waals surface area contributed by atoms with Crippen LogP contribution in [0.25, 0.3) is 0 Å². The average molecular weight is 232 g/mol. The Kier molecular flexibility index (Phi) is 3.53. The summed E-state index contributed by atoms with van der Waals surface area (Å²) < 4.78 is 4.94. The number of methoxy groups -OCH3 is 1. The molecule has 0 saturated heterocycles. The van der Waals surface area contributed by atoms with E-state index in [9.17, 15) is 0 Å². The summed E-state index contributed by atoms with van der Waals surface area (Å²) in [6.45, 7) is 0. The minimum absolute atomic E-state index is 0.297. The molecule has 0 fully saturated rings. The Bertz CT molecular complexity index is 460. The fraction of sp³-hybridized carbons (Fsp3) is 0.200. The minimum atomic E-state index is -0.297. The molecule has 7 nitrogen and oxygen atoms in total. The van der Waals surface area contributed by atoms with Gasteiger partial charge in [0, 0.05) is 24.0 Å². The molecule has 0 aliphatic heterocycles. The van der Waals surface area contributed by atoms with E-state index < -0.39 is 0 Å². The first kappa shape index (κ1) is 11.4. The van der Waals surface area contributed by atoms with Crippen LogP contribution in [0.4, 0.5) is 0 Å². The predicted octanol–water partition coefficient (Wildman–Crippen LogP) is -0.172. The molecule has 2 rings (SSSR count). The van der Waals surface area contributed by atoms with Crippen LogP contribution in [0.2, 0.25) is 0 Å². The summed E-state index contributed by atoms with van der Waals surface area (Å²) in [6.07, 6.45) is 4.80. The first-order valence-corrected chi connectivity index (χ1v) is 4.94. The van der Waals surface area contributed by atoms with Gasteiger partial charge in [-0.1, -0.05) is 0 Å². The van der Waals surface area contributed by atoms with Crippen molar-refractivity contribution in [3.8, 4) is 5.88 Å². The number of nitrogens with zero attached hydrogens (tertiary/aromatic N) is 4. The summed E-state index contributed by atoms with van der Waals surface area (Å²) in [5.74, 6) is 5.96. The molecule has 0 aliphatic rings. The minimum Gasteiger partial charge on any atom is -0.480 e. The lowest BCUT2D eigenvalue weighted by molar-refractivity contribution is 0.390. The Morgan fingerprint density at radius 2 is 2.00 bits per heavy atom. The Morgan fingerprint density at radius 3 is 2.53 bits per heavy atom. The van der Waals surface area contributed by atoms with Crippen LogP contribution in [0.3, 0.4) is 0 Å². The molecule has 2 aromatic heterocycles. The highest BCUT2D eigenvalue weighted by Gasteiger charge is 2.14. The smallest absolute Gasteiger partial charge is 0.233 e. The van der Waals surface area contributed by atoms with E-state index in [-0.39, 0.29) is 6.04 Å². The van der Waals surface area contributed by atoms with E-state index in [4.69, 9.17) is 10.6 Å². The summed E-state index contributed by atoms with van der Waals surface area (Å²) in [7, 11) is 1.54. The Morgan fingerprint density at radius 1 is 1.24 bits per heavy atom. The fourth-order valence-electron chi connectivity index (χ4n) is 1.41. The standard InChI is InChI=1S/C10H12N6O/c1-17-9-3-2-8(15-16-9)10(14-11)7-4-12-6-13-5-7/h2-6,10,14H,11H2,1H3. The van der Waals surface area contributed by atoms with Crippen molar-refractivity contribution in [3.63, 3.8) is 0 Å². The average Bonchev–Trinajstić information content (AvgIpc) is 2.42. The molecule has 0 saturated carbocycles. The van der Waals surface area contributed by atoms with Crippen molar-refractivity contribution in [2.24, 2.45) is 5.84 Å². The van der Waals surface area contributed by atoms with Gasteiger partial charge in [0.15, 0.2) is 0 Å². The molecule has 0 aliphatic carbocycles. The van der Waals surface area contributed by atoms with E-state index in [1.54, 1.807) is 24.5 Å². The molecule has 0 aromatic carbocycles. The second-order valence-corrected chi connectivity index (χ2v) is 3.27. The van der Waals surface area contributed by atoms with Crippen molar-refractivity contribution >= 4 is 0 Å². The van der Waals surface area contributed by atoms with Crippen molar-refractivity contribution in [1.82, 2.24) is 25.6 Å². The Labute approximate surface area is 98.0 Å². The molecule has 0 spiro atoms. The van der Waals surface area contributed by atoms with Crippen LogP contribution in [0.5, 0.6) is 5.88 Å². The van der Waals surface area contributed by atoms with Gasteiger partial charge in [-0.2, -0.15) is 0 Å². The third-order valence-corrected chi connectivity index (χ3v) is 2.25. The first-order valence-electron chi connectivity index (χ1n) is 4.94. The quantitative estimate of drug-likeness (QED) is 0.557. The Hall–Kier alpha value is -2.12. The van der Waals surface area contributed by atoms with Crippen molar-refractivity contribution in [1.29, 1.82) is 0 Å². The van der Waals surface area contributed by atoms with E-state index in [0.29, 0.717) is 11.6 Å². The van der Waals surface area contributed by atoms with Gasteiger partial charge in [0.2, 0.25) is 5.88 Å². The molecule has 1 atom stereocenters. The SMILES string of the molecule is COc1ccc(C(NN)c2cncnc2)nn1. The monoisotopic (exact) mass is 232 g/mol. The van der Waals surface area contributed by atoms with Crippen LogP contribution in [-0.2, 0) is 0 Å². The van der Waals surface area contributed by atoms with Crippen molar-refractivity contribution < 1.29 is 4.74 Å². The fourth-order valence-corrected chi connectivity index (χ4v) is 1.41. The lowest BCUT2D eigenvalue weighted by Crippen LogP contribution is -2.29. The number of hydrogen-bond donors (Lipinski definition) is 2. The maximum absolute atomic E-state index is 5.50. The van der Waals surface area contributed by atoms with Crippen molar-refractivity contribution in [2.45, 2.75) is 6.04 Å². The normalized spacial score (nSPS) is 12.1. The molecule has 2 heterocycles. The summed E-state index contributed by atoms with van der Waals surface area (Å²) in [6, 6.07) is 3.20. The van der Waals surface area contributed by atoms with Crippen LogP contribution in [0, 0.1) is 0 Å². The third-order valence-electron chi connectivity index (χ3n) is 2.25. The molecule has 7 heteroatoms. The van der Waals surface area contributed by atoms with E-state index >= 15 is 0 Å². The summed E-state index contributed by atoms with van der Waals surface area (Å²) >= 11 is 0. The number of nitrogens with one attached hydrogen (secondary N) is 1. The number of hydrazine groups is 1. The predicted molar refractivity (Wildman–Crippen MR) is 59.8 cm³/mol. The van der Waals surface area contributed by atoms with E-state index in [1.807, 2.05) is 0 Å². The number of nitrogens with two attached hydrogens (primary N) is 1. The van der Waals surface area contributed by atoms with E-state index in [1.165, 1.54) is 13.4 Å². The number of aromatic nitrogens is 4. The second-order valence-electron chi connectivity index (χ2n) is 3.27. The van der Waals surface area contributed by atoms with Gasteiger partial charge in [0.05, 0.1) is 18.8 Å². The first-order chi connectivity index (χ1) is 8.35. The zero-order valence-corrected chi connectivity index (χ0v) is 9.24. The lowest BCUT2D eigenvalue weighted by atomic mass is 10.1.